The predicted octanol–water partition coefficient (Wildman–Crippen LogP) is 4.29. The van der Waals surface area contributed by atoms with Crippen molar-refractivity contribution >= 4 is 0 Å². The monoisotopic (exact) mass is 357 g/mol. The minimum absolute atomic E-state index is 0.698. The highest BCUT2D eigenvalue weighted by Crippen LogP contribution is 2.34. The number of rotatable bonds is 6. The molecule has 2 heterocycles. The van der Waals surface area contributed by atoms with E-state index >= 15 is 0 Å². The highest BCUT2D eigenvalue weighted by molar-refractivity contribution is 5.08. The summed E-state index contributed by atoms with van der Waals surface area (Å²) in [4.78, 5) is 8.86. The topological polar surface area (TPSA) is 61.7 Å². The van der Waals surface area contributed by atoms with E-state index < -0.39 is 0 Å². The fraction of sp³-hybridized carbons (Fsp3) is 0.714. The van der Waals surface area contributed by atoms with Crippen LogP contribution in [0.5, 0.6) is 0 Å². The summed E-state index contributed by atoms with van der Waals surface area (Å²) < 4.78 is 4.82. The van der Waals surface area contributed by atoms with Crippen molar-refractivity contribution in [3.8, 4) is 0 Å². The fourth-order valence-corrected chi connectivity index (χ4v) is 4.00. The smallest absolute Gasteiger partial charge is 0.110 e. The number of hydrogen-bond acceptors (Lipinski definition) is 3. The predicted molar refractivity (Wildman–Crippen MR) is 106 cm³/mol. The van der Waals surface area contributed by atoms with E-state index in [1.54, 1.807) is 0 Å². The molecule has 4 rings (SSSR count). The summed E-state index contributed by atoms with van der Waals surface area (Å²) in [6.45, 7) is 7.22. The average Bonchev–Trinajstić information content (AvgIpc) is 3.05. The van der Waals surface area contributed by atoms with E-state index in [1.165, 1.54) is 68.0 Å². The van der Waals surface area contributed by atoms with E-state index in [2.05, 4.69) is 39.9 Å². The van der Waals surface area contributed by atoms with Crippen molar-refractivity contribution in [2.45, 2.75) is 90.6 Å². The Hall–Kier alpha value is -1.62. The molecule has 2 saturated carbocycles. The van der Waals surface area contributed by atoms with E-state index in [4.69, 9.17) is 5.73 Å². The van der Waals surface area contributed by atoms with E-state index in [9.17, 15) is 0 Å². The quantitative estimate of drug-likeness (QED) is 0.839. The maximum atomic E-state index is 5.54. The lowest BCUT2D eigenvalue weighted by atomic mass is 9.92. The normalized spacial score (nSPS) is 17.4. The zero-order valence-corrected chi connectivity index (χ0v) is 16.7. The minimum Gasteiger partial charge on any atom is -0.330 e. The first-order valence-corrected chi connectivity index (χ1v) is 10.4. The summed E-state index contributed by atoms with van der Waals surface area (Å²) in [5, 5.41) is 0. The number of aromatic nitrogens is 4. The maximum absolute atomic E-state index is 5.54. The summed E-state index contributed by atoms with van der Waals surface area (Å²) in [6, 6.07) is 1.48. The van der Waals surface area contributed by atoms with Crippen LogP contribution in [0.25, 0.3) is 0 Å². The molecule has 2 fully saturated rings. The van der Waals surface area contributed by atoms with Crippen LogP contribution in [0, 0.1) is 13.8 Å². The molecule has 5 nitrogen and oxygen atoms in total. The van der Waals surface area contributed by atoms with E-state index in [1.807, 2.05) is 12.4 Å². The summed E-state index contributed by atoms with van der Waals surface area (Å²) >= 11 is 0. The van der Waals surface area contributed by atoms with Crippen LogP contribution in [0.2, 0.25) is 0 Å². The van der Waals surface area contributed by atoms with E-state index in [-0.39, 0.29) is 0 Å². The van der Waals surface area contributed by atoms with Crippen molar-refractivity contribution in [3.63, 3.8) is 0 Å². The Kier molecular flexibility index (Phi) is 6.52. The standard InChI is InChI=1S/C11H18N2.C10H17N3/c1-3-5-11-12-8-9(2)13(11)10-6-4-7-10;1-8-7-12-10(5-6-11)13(8)9-3-2-4-9/h8,10H,3-7H2,1-2H3;7,9H,2-6,11H2,1H3. The Morgan fingerprint density at radius 3 is 1.69 bits per heavy atom. The second-order valence-electron chi connectivity index (χ2n) is 7.83. The van der Waals surface area contributed by atoms with Crippen LogP contribution in [0.4, 0.5) is 0 Å². The summed E-state index contributed by atoms with van der Waals surface area (Å²) in [5.41, 5.74) is 8.17. The van der Waals surface area contributed by atoms with Gasteiger partial charge in [0.25, 0.3) is 0 Å². The molecule has 2 N–H and O–H groups in total. The van der Waals surface area contributed by atoms with Gasteiger partial charge >= 0.3 is 0 Å². The number of nitrogens with two attached hydrogens (primary N) is 1. The van der Waals surface area contributed by atoms with Gasteiger partial charge in [-0.2, -0.15) is 0 Å². The van der Waals surface area contributed by atoms with Gasteiger partial charge in [-0.25, -0.2) is 9.97 Å². The van der Waals surface area contributed by atoms with Gasteiger partial charge in [0.1, 0.15) is 11.6 Å². The van der Waals surface area contributed by atoms with Crippen molar-refractivity contribution in [2.75, 3.05) is 6.54 Å². The number of nitrogens with zero attached hydrogens (tertiary/aromatic N) is 4. The molecule has 0 atom stereocenters. The molecule has 0 aromatic carbocycles. The lowest BCUT2D eigenvalue weighted by Gasteiger charge is -2.29. The van der Waals surface area contributed by atoms with Crippen LogP contribution in [-0.4, -0.2) is 25.6 Å². The number of aryl methyl sites for hydroxylation is 3. The molecule has 0 aliphatic heterocycles. The van der Waals surface area contributed by atoms with Gasteiger partial charge < -0.3 is 14.9 Å². The maximum Gasteiger partial charge on any atom is 0.110 e. The minimum atomic E-state index is 0.698. The zero-order valence-electron chi connectivity index (χ0n) is 16.7. The molecular formula is C21H35N5. The molecule has 2 aliphatic rings. The molecule has 2 aromatic heterocycles. The van der Waals surface area contributed by atoms with Gasteiger partial charge in [0.15, 0.2) is 0 Å². The first kappa shape index (κ1) is 19.2. The Balaban J connectivity index is 0.000000151. The Morgan fingerprint density at radius 1 is 0.885 bits per heavy atom. The fourth-order valence-electron chi connectivity index (χ4n) is 4.00. The molecule has 0 radical (unpaired) electrons. The summed E-state index contributed by atoms with van der Waals surface area (Å²) in [6.07, 6.45) is 15.3. The second kappa shape index (κ2) is 8.85. The first-order chi connectivity index (χ1) is 12.7. The van der Waals surface area contributed by atoms with E-state index in [0.717, 1.165) is 18.9 Å². The Labute approximate surface area is 158 Å². The molecule has 2 aliphatic carbocycles. The molecule has 0 spiro atoms. The SMILES string of the molecule is CCCc1ncc(C)n1C1CCC1.Cc1cnc(CCN)n1C1CCC1. The molecule has 5 heteroatoms. The van der Waals surface area contributed by atoms with Crippen LogP contribution in [0.1, 0.15) is 87.0 Å². The molecular weight excluding hydrogens is 322 g/mol. The third-order valence-corrected chi connectivity index (χ3v) is 5.84. The third kappa shape index (κ3) is 4.03. The summed E-state index contributed by atoms with van der Waals surface area (Å²) in [5.74, 6) is 2.47. The van der Waals surface area contributed by atoms with E-state index in [0.29, 0.717) is 12.6 Å². The van der Waals surface area contributed by atoms with Gasteiger partial charge in [-0.05, 0) is 65.3 Å². The highest BCUT2D eigenvalue weighted by Gasteiger charge is 2.23. The second-order valence-corrected chi connectivity index (χ2v) is 7.83. The van der Waals surface area contributed by atoms with Gasteiger partial charge in [-0.3, -0.25) is 0 Å². The molecule has 144 valence electrons. The van der Waals surface area contributed by atoms with Crippen molar-refractivity contribution in [1.82, 2.24) is 19.1 Å². The van der Waals surface area contributed by atoms with Crippen LogP contribution >= 0.6 is 0 Å². The van der Waals surface area contributed by atoms with Crippen LogP contribution in [0.15, 0.2) is 12.4 Å². The van der Waals surface area contributed by atoms with Crippen molar-refractivity contribution < 1.29 is 0 Å². The van der Waals surface area contributed by atoms with Crippen LogP contribution in [-0.2, 0) is 12.8 Å². The molecule has 2 aromatic rings. The van der Waals surface area contributed by atoms with Gasteiger partial charge in [0, 0.05) is 48.7 Å². The molecule has 0 amide bonds. The average molecular weight is 358 g/mol. The number of imidazole rings is 2. The lowest BCUT2D eigenvalue weighted by molar-refractivity contribution is 0.301. The Morgan fingerprint density at radius 2 is 1.35 bits per heavy atom. The first-order valence-electron chi connectivity index (χ1n) is 10.4. The summed E-state index contributed by atoms with van der Waals surface area (Å²) in [7, 11) is 0. The molecule has 0 unspecified atom stereocenters. The lowest BCUT2D eigenvalue weighted by Crippen LogP contribution is -2.21. The van der Waals surface area contributed by atoms with Crippen molar-refractivity contribution in [2.24, 2.45) is 5.73 Å². The molecule has 0 bridgehead atoms. The zero-order chi connectivity index (χ0) is 18.5. The molecule has 26 heavy (non-hydrogen) atoms. The van der Waals surface area contributed by atoms with Crippen molar-refractivity contribution in [3.05, 3.63) is 35.4 Å². The number of hydrogen-bond donors (Lipinski definition) is 1. The van der Waals surface area contributed by atoms with Crippen molar-refractivity contribution in [1.29, 1.82) is 0 Å². The van der Waals surface area contributed by atoms with Gasteiger partial charge in [-0.15, -0.1) is 0 Å². The van der Waals surface area contributed by atoms with Crippen LogP contribution < -0.4 is 5.73 Å². The molecule has 0 saturated heterocycles. The van der Waals surface area contributed by atoms with Crippen LogP contribution in [0.3, 0.4) is 0 Å². The largest absolute Gasteiger partial charge is 0.330 e. The van der Waals surface area contributed by atoms with Gasteiger partial charge in [-0.1, -0.05) is 6.92 Å². The third-order valence-electron chi connectivity index (χ3n) is 5.84. The van der Waals surface area contributed by atoms with Gasteiger partial charge in [0.05, 0.1) is 0 Å². The Bertz CT molecular complexity index is 631. The van der Waals surface area contributed by atoms with Gasteiger partial charge in [0.2, 0.25) is 0 Å². The highest BCUT2D eigenvalue weighted by atomic mass is 15.1.